The van der Waals surface area contributed by atoms with Crippen molar-refractivity contribution in [2.75, 3.05) is 0 Å². The molecule has 0 saturated carbocycles. The highest BCUT2D eigenvalue weighted by molar-refractivity contribution is 5.95. The zero-order valence-electron chi connectivity index (χ0n) is 10.4. The van der Waals surface area contributed by atoms with Gasteiger partial charge >= 0.3 is 6.61 Å². The minimum Gasteiger partial charge on any atom is -0.435 e. The fraction of sp³-hybridized carbons (Fsp3) is 0.357. The molecule has 1 aliphatic carbocycles. The zero-order valence-corrected chi connectivity index (χ0v) is 10.4. The first-order chi connectivity index (χ1) is 9.15. The summed E-state index contributed by atoms with van der Waals surface area (Å²) in [6.07, 6.45) is 6.11. The summed E-state index contributed by atoms with van der Waals surface area (Å²) in [6, 6.07) is 5.65. The van der Waals surface area contributed by atoms with Gasteiger partial charge in [-0.05, 0) is 49.9 Å². The molecular formula is C14H15F2NO2. The number of rotatable bonds is 4. The molecule has 0 aliphatic heterocycles. The van der Waals surface area contributed by atoms with Crippen LogP contribution in [-0.4, -0.2) is 12.5 Å². The summed E-state index contributed by atoms with van der Waals surface area (Å²) in [7, 11) is 0. The van der Waals surface area contributed by atoms with Crippen LogP contribution < -0.4 is 10.1 Å². The molecule has 3 nitrogen and oxygen atoms in total. The molecule has 0 aromatic heterocycles. The number of hydrogen-bond donors (Lipinski definition) is 1. The normalized spacial score (nSPS) is 15.0. The number of hydrogen-bond acceptors (Lipinski definition) is 2. The second kappa shape index (κ2) is 6.31. The minimum atomic E-state index is -2.85. The van der Waals surface area contributed by atoms with Gasteiger partial charge in [-0.1, -0.05) is 6.08 Å². The SMILES string of the molecule is O=C(NC1=CCCCC1)c1ccc(OC(F)F)cc1. The van der Waals surface area contributed by atoms with Crippen molar-refractivity contribution >= 4 is 5.91 Å². The van der Waals surface area contributed by atoms with Gasteiger partial charge in [0.25, 0.3) is 5.91 Å². The van der Waals surface area contributed by atoms with E-state index in [-0.39, 0.29) is 11.7 Å². The van der Waals surface area contributed by atoms with Crippen molar-refractivity contribution in [1.82, 2.24) is 5.32 Å². The predicted molar refractivity (Wildman–Crippen MR) is 67.1 cm³/mol. The van der Waals surface area contributed by atoms with Gasteiger partial charge < -0.3 is 10.1 Å². The molecule has 0 saturated heterocycles. The van der Waals surface area contributed by atoms with Crippen LogP contribution in [0.2, 0.25) is 0 Å². The van der Waals surface area contributed by atoms with Crippen LogP contribution in [0.4, 0.5) is 8.78 Å². The van der Waals surface area contributed by atoms with Crippen LogP contribution in [0.25, 0.3) is 0 Å². The third-order valence-electron chi connectivity index (χ3n) is 2.91. The number of nitrogens with one attached hydrogen (secondary N) is 1. The van der Waals surface area contributed by atoms with Crippen molar-refractivity contribution in [2.45, 2.75) is 32.3 Å². The van der Waals surface area contributed by atoms with Gasteiger partial charge in [-0.15, -0.1) is 0 Å². The van der Waals surface area contributed by atoms with Gasteiger partial charge in [0.05, 0.1) is 0 Å². The largest absolute Gasteiger partial charge is 0.435 e. The van der Waals surface area contributed by atoms with Crippen LogP contribution in [0.15, 0.2) is 36.0 Å². The van der Waals surface area contributed by atoms with Gasteiger partial charge in [-0.2, -0.15) is 8.78 Å². The van der Waals surface area contributed by atoms with Crippen LogP contribution in [0, 0.1) is 0 Å². The highest BCUT2D eigenvalue weighted by Crippen LogP contribution is 2.17. The minimum absolute atomic E-state index is 0.0448. The Labute approximate surface area is 110 Å². The smallest absolute Gasteiger partial charge is 0.387 e. The molecule has 2 rings (SSSR count). The molecule has 1 aromatic rings. The third kappa shape index (κ3) is 4.05. The lowest BCUT2D eigenvalue weighted by molar-refractivity contribution is -0.0498. The van der Waals surface area contributed by atoms with Crippen LogP contribution in [0.3, 0.4) is 0 Å². The van der Waals surface area contributed by atoms with Gasteiger partial charge in [-0.3, -0.25) is 4.79 Å². The summed E-state index contributed by atoms with van der Waals surface area (Å²) in [5.41, 5.74) is 1.36. The topological polar surface area (TPSA) is 38.3 Å². The first kappa shape index (κ1) is 13.5. The van der Waals surface area contributed by atoms with E-state index in [1.807, 2.05) is 6.08 Å². The van der Waals surface area contributed by atoms with Crippen molar-refractivity contribution in [3.05, 3.63) is 41.6 Å². The van der Waals surface area contributed by atoms with Crippen LogP contribution in [0.5, 0.6) is 5.75 Å². The first-order valence-corrected chi connectivity index (χ1v) is 6.20. The zero-order chi connectivity index (χ0) is 13.7. The van der Waals surface area contributed by atoms with Gasteiger partial charge in [0.2, 0.25) is 0 Å². The maximum atomic E-state index is 12.0. The molecular weight excluding hydrogens is 252 g/mol. The van der Waals surface area contributed by atoms with E-state index in [1.165, 1.54) is 24.3 Å². The molecule has 102 valence electrons. The van der Waals surface area contributed by atoms with Crippen molar-refractivity contribution in [3.63, 3.8) is 0 Å². The van der Waals surface area contributed by atoms with E-state index in [0.717, 1.165) is 31.4 Å². The Bertz CT molecular complexity index is 469. The van der Waals surface area contributed by atoms with Crippen molar-refractivity contribution in [2.24, 2.45) is 0 Å². The highest BCUT2D eigenvalue weighted by atomic mass is 19.3. The number of ether oxygens (including phenoxy) is 1. The Hall–Kier alpha value is -1.91. The van der Waals surface area contributed by atoms with E-state index < -0.39 is 6.61 Å². The molecule has 0 spiro atoms. The molecule has 1 N–H and O–H groups in total. The van der Waals surface area contributed by atoms with Gasteiger partial charge in [-0.25, -0.2) is 0 Å². The number of carbonyl (C=O) groups is 1. The first-order valence-electron chi connectivity index (χ1n) is 6.20. The fourth-order valence-electron chi connectivity index (χ4n) is 1.96. The number of carbonyl (C=O) groups excluding carboxylic acids is 1. The highest BCUT2D eigenvalue weighted by Gasteiger charge is 2.10. The fourth-order valence-corrected chi connectivity index (χ4v) is 1.96. The number of alkyl halides is 2. The number of allylic oxidation sites excluding steroid dienone is 2. The Kier molecular flexibility index (Phi) is 4.49. The van der Waals surface area contributed by atoms with E-state index in [0.29, 0.717) is 5.56 Å². The lowest BCUT2D eigenvalue weighted by Gasteiger charge is -2.14. The number of benzene rings is 1. The summed E-state index contributed by atoms with van der Waals surface area (Å²) in [5, 5.41) is 2.83. The molecule has 1 amide bonds. The molecule has 1 aromatic carbocycles. The quantitative estimate of drug-likeness (QED) is 0.907. The van der Waals surface area contributed by atoms with E-state index >= 15 is 0 Å². The Morgan fingerprint density at radius 3 is 2.53 bits per heavy atom. The van der Waals surface area contributed by atoms with E-state index in [1.54, 1.807) is 0 Å². The molecule has 0 atom stereocenters. The maximum absolute atomic E-state index is 12.0. The van der Waals surface area contributed by atoms with Crippen molar-refractivity contribution < 1.29 is 18.3 Å². The number of amides is 1. The summed E-state index contributed by atoms with van der Waals surface area (Å²) in [5.74, 6) is -0.180. The van der Waals surface area contributed by atoms with Crippen LogP contribution in [0.1, 0.15) is 36.0 Å². The van der Waals surface area contributed by atoms with Gasteiger partial charge in [0.15, 0.2) is 0 Å². The summed E-state index contributed by atoms with van der Waals surface area (Å²) in [4.78, 5) is 11.9. The number of halogens is 2. The molecule has 1 aliphatic rings. The standard InChI is InChI=1S/C14H15F2NO2/c15-14(16)19-12-8-6-10(7-9-12)13(18)17-11-4-2-1-3-5-11/h4,6-9,14H,1-3,5H2,(H,17,18). The Morgan fingerprint density at radius 1 is 1.21 bits per heavy atom. The van der Waals surface area contributed by atoms with E-state index in [2.05, 4.69) is 10.1 Å². The van der Waals surface area contributed by atoms with E-state index in [9.17, 15) is 13.6 Å². The average molecular weight is 267 g/mol. The molecule has 0 bridgehead atoms. The van der Waals surface area contributed by atoms with Gasteiger partial charge in [0.1, 0.15) is 5.75 Å². The summed E-state index contributed by atoms with van der Waals surface area (Å²) in [6.45, 7) is -2.85. The van der Waals surface area contributed by atoms with Crippen molar-refractivity contribution in [1.29, 1.82) is 0 Å². The molecule has 0 radical (unpaired) electrons. The molecule has 19 heavy (non-hydrogen) atoms. The predicted octanol–water partition coefficient (Wildman–Crippen LogP) is 3.48. The van der Waals surface area contributed by atoms with Crippen LogP contribution in [-0.2, 0) is 0 Å². The Balaban J connectivity index is 1.97. The second-order valence-corrected chi connectivity index (χ2v) is 4.33. The van der Waals surface area contributed by atoms with Gasteiger partial charge in [0, 0.05) is 11.3 Å². The second-order valence-electron chi connectivity index (χ2n) is 4.33. The van der Waals surface area contributed by atoms with E-state index in [4.69, 9.17) is 0 Å². The third-order valence-corrected chi connectivity index (χ3v) is 2.91. The summed E-state index contributed by atoms with van der Waals surface area (Å²) < 4.78 is 28.2. The molecule has 0 fully saturated rings. The Morgan fingerprint density at radius 2 is 1.95 bits per heavy atom. The van der Waals surface area contributed by atoms with Crippen molar-refractivity contribution in [3.8, 4) is 5.75 Å². The van der Waals surface area contributed by atoms with Crippen LogP contribution >= 0.6 is 0 Å². The lowest BCUT2D eigenvalue weighted by Crippen LogP contribution is -2.23. The molecule has 0 heterocycles. The lowest BCUT2D eigenvalue weighted by atomic mass is 10.0. The molecule has 0 unspecified atom stereocenters. The summed E-state index contributed by atoms with van der Waals surface area (Å²) >= 11 is 0. The average Bonchev–Trinajstić information content (AvgIpc) is 2.40. The monoisotopic (exact) mass is 267 g/mol. The molecule has 5 heteroatoms. The maximum Gasteiger partial charge on any atom is 0.387 e.